The number of anilines is 1. The first kappa shape index (κ1) is 18.1. The molecular weight excluding hydrogens is 355 g/mol. The van der Waals surface area contributed by atoms with E-state index >= 15 is 0 Å². The zero-order chi connectivity index (χ0) is 19.5. The molecule has 0 saturated heterocycles. The Morgan fingerprint density at radius 3 is 2.68 bits per heavy atom. The molecule has 0 aliphatic carbocycles. The summed E-state index contributed by atoms with van der Waals surface area (Å²) in [4.78, 5) is 23.7. The Morgan fingerprint density at radius 2 is 1.86 bits per heavy atom. The van der Waals surface area contributed by atoms with Gasteiger partial charge in [0.2, 0.25) is 5.95 Å². The molecule has 0 unspecified atom stereocenters. The number of amides is 1. The van der Waals surface area contributed by atoms with E-state index in [9.17, 15) is 9.18 Å². The van der Waals surface area contributed by atoms with Crippen LogP contribution in [0.2, 0.25) is 0 Å². The Hall–Kier alpha value is -3.28. The van der Waals surface area contributed by atoms with Gasteiger partial charge in [0.15, 0.2) is 0 Å². The Labute approximate surface area is 163 Å². The van der Waals surface area contributed by atoms with Gasteiger partial charge < -0.3 is 10.2 Å². The molecule has 0 spiro atoms. The first-order valence-electron chi connectivity index (χ1n) is 9.29. The first-order chi connectivity index (χ1) is 13.6. The second-order valence-corrected chi connectivity index (χ2v) is 6.91. The van der Waals surface area contributed by atoms with Gasteiger partial charge in [0, 0.05) is 30.9 Å². The molecule has 142 valence electrons. The predicted molar refractivity (Wildman–Crippen MR) is 106 cm³/mol. The maximum atomic E-state index is 13.8. The van der Waals surface area contributed by atoms with E-state index in [1.807, 2.05) is 13.0 Å². The van der Waals surface area contributed by atoms with Crippen molar-refractivity contribution in [2.45, 2.75) is 26.4 Å². The molecule has 0 fully saturated rings. The first-order valence-corrected chi connectivity index (χ1v) is 9.29. The molecule has 3 aromatic rings. The zero-order valence-corrected chi connectivity index (χ0v) is 15.7. The summed E-state index contributed by atoms with van der Waals surface area (Å²) in [5, 5.41) is 2.74. The van der Waals surface area contributed by atoms with E-state index in [1.165, 1.54) is 17.2 Å². The van der Waals surface area contributed by atoms with Crippen molar-refractivity contribution in [2.24, 2.45) is 0 Å². The van der Waals surface area contributed by atoms with E-state index in [2.05, 4.69) is 38.4 Å². The maximum absolute atomic E-state index is 13.8. The van der Waals surface area contributed by atoms with Gasteiger partial charge in [-0.1, -0.05) is 42.5 Å². The molecule has 2 aromatic carbocycles. The number of hydrogen-bond donors (Lipinski definition) is 1. The van der Waals surface area contributed by atoms with E-state index in [4.69, 9.17) is 0 Å². The molecule has 4 rings (SSSR count). The van der Waals surface area contributed by atoms with E-state index in [-0.39, 0.29) is 24.0 Å². The number of hydrogen-bond acceptors (Lipinski definition) is 4. The molecule has 28 heavy (non-hydrogen) atoms. The second-order valence-electron chi connectivity index (χ2n) is 6.91. The highest BCUT2D eigenvalue weighted by molar-refractivity contribution is 5.92. The Bertz CT molecular complexity index is 1020. The summed E-state index contributed by atoms with van der Waals surface area (Å²) in [7, 11) is 0. The number of halogens is 1. The lowest BCUT2D eigenvalue weighted by atomic mass is 10.0. The van der Waals surface area contributed by atoms with Gasteiger partial charge >= 0.3 is 0 Å². The molecule has 1 aromatic heterocycles. The van der Waals surface area contributed by atoms with Crippen LogP contribution in [-0.2, 0) is 19.5 Å². The second kappa shape index (κ2) is 7.76. The monoisotopic (exact) mass is 376 g/mol. The van der Waals surface area contributed by atoms with Gasteiger partial charge in [0.25, 0.3) is 5.91 Å². The van der Waals surface area contributed by atoms with Gasteiger partial charge in [0.05, 0.1) is 0 Å². The average Bonchev–Trinajstić information content (AvgIpc) is 2.72. The summed E-state index contributed by atoms with van der Waals surface area (Å²) in [5.41, 5.74) is 4.05. The number of carbonyl (C=O) groups excluding carboxylic acids is 1. The van der Waals surface area contributed by atoms with Crippen LogP contribution in [-0.4, -0.2) is 22.4 Å². The molecule has 1 aliphatic rings. The minimum Gasteiger partial charge on any atom is -0.347 e. The van der Waals surface area contributed by atoms with Crippen molar-refractivity contribution >= 4 is 11.9 Å². The van der Waals surface area contributed by atoms with E-state index < -0.39 is 0 Å². The van der Waals surface area contributed by atoms with E-state index in [0.717, 1.165) is 25.2 Å². The van der Waals surface area contributed by atoms with Crippen molar-refractivity contribution in [1.29, 1.82) is 0 Å². The largest absolute Gasteiger partial charge is 0.347 e. The predicted octanol–water partition coefficient (Wildman–Crippen LogP) is 3.42. The quantitative estimate of drug-likeness (QED) is 0.758. The summed E-state index contributed by atoms with van der Waals surface area (Å²) in [6.45, 7) is 3.48. The van der Waals surface area contributed by atoms with Crippen LogP contribution in [0.1, 0.15) is 32.9 Å². The lowest BCUT2D eigenvalue weighted by Gasteiger charge is -2.29. The molecule has 1 N–H and O–H groups in total. The van der Waals surface area contributed by atoms with Gasteiger partial charge in [-0.05, 0) is 36.6 Å². The third-order valence-corrected chi connectivity index (χ3v) is 4.89. The highest BCUT2D eigenvalue weighted by atomic mass is 19.1. The van der Waals surface area contributed by atoms with Crippen molar-refractivity contribution in [2.75, 3.05) is 11.4 Å². The van der Waals surface area contributed by atoms with Crippen LogP contribution in [0.15, 0.2) is 54.6 Å². The normalized spacial score (nSPS) is 13.1. The molecule has 0 saturated carbocycles. The average molecular weight is 376 g/mol. The van der Waals surface area contributed by atoms with Crippen LogP contribution in [0.25, 0.3) is 0 Å². The lowest BCUT2D eigenvalue weighted by Crippen LogP contribution is -2.33. The molecule has 6 heteroatoms. The van der Waals surface area contributed by atoms with Crippen molar-refractivity contribution in [3.63, 3.8) is 0 Å². The number of benzene rings is 2. The Kier molecular flexibility index (Phi) is 5.02. The minimum atomic E-state index is -0.340. The van der Waals surface area contributed by atoms with Crippen molar-refractivity contribution < 1.29 is 9.18 Å². The highest BCUT2D eigenvalue weighted by Crippen LogP contribution is 2.22. The number of fused-ring (bicyclic) bond motifs is 1. The molecule has 0 bridgehead atoms. The fourth-order valence-corrected chi connectivity index (χ4v) is 3.38. The molecular formula is C22H21FN4O. The van der Waals surface area contributed by atoms with Crippen LogP contribution in [0, 0.1) is 12.7 Å². The van der Waals surface area contributed by atoms with Crippen LogP contribution in [0.5, 0.6) is 0 Å². The number of aryl methyl sites for hydroxylation is 1. The van der Waals surface area contributed by atoms with Gasteiger partial charge in [0.1, 0.15) is 11.5 Å². The topological polar surface area (TPSA) is 58.1 Å². The van der Waals surface area contributed by atoms with E-state index in [1.54, 1.807) is 24.3 Å². The number of aromatic nitrogens is 2. The SMILES string of the molecule is Cc1cc(C(=O)NCc2ccccc2F)nc(N2CCc3ccccc3C2)n1. The fraction of sp³-hybridized carbons (Fsp3) is 0.227. The summed E-state index contributed by atoms with van der Waals surface area (Å²) < 4.78 is 13.8. The molecule has 1 amide bonds. The third-order valence-electron chi connectivity index (χ3n) is 4.89. The molecule has 0 radical (unpaired) electrons. The fourth-order valence-electron chi connectivity index (χ4n) is 3.38. The van der Waals surface area contributed by atoms with Gasteiger partial charge in [-0.15, -0.1) is 0 Å². The van der Waals surface area contributed by atoms with Crippen molar-refractivity contribution in [3.8, 4) is 0 Å². The van der Waals surface area contributed by atoms with Crippen molar-refractivity contribution in [3.05, 3.63) is 88.5 Å². The molecule has 1 aliphatic heterocycles. The Balaban J connectivity index is 1.51. The summed E-state index contributed by atoms with van der Waals surface area (Å²) in [6, 6.07) is 16.4. The van der Waals surface area contributed by atoms with Crippen LogP contribution in [0.3, 0.4) is 0 Å². The molecule has 0 atom stereocenters. The smallest absolute Gasteiger partial charge is 0.270 e. The van der Waals surface area contributed by atoms with Crippen LogP contribution < -0.4 is 10.2 Å². The number of nitrogens with zero attached hydrogens (tertiary/aromatic N) is 3. The van der Waals surface area contributed by atoms with Crippen molar-refractivity contribution in [1.82, 2.24) is 15.3 Å². The summed E-state index contributed by atoms with van der Waals surface area (Å²) in [6.07, 6.45) is 0.919. The molecule has 5 nitrogen and oxygen atoms in total. The van der Waals surface area contributed by atoms with E-state index in [0.29, 0.717) is 11.5 Å². The van der Waals surface area contributed by atoms with Crippen LogP contribution >= 0.6 is 0 Å². The lowest BCUT2D eigenvalue weighted by molar-refractivity contribution is 0.0945. The zero-order valence-electron chi connectivity index (χ0n) is 15.7. The van der Waals surface area contributed by atoms with Crippen LogP contribution in [0.4, 0.5) is 10.3 Å². The minimum absolute atomic E-state index is 0.112. The molecule has 2 heterocycles. The van der Waals surface area contributed by atoms with Gasteiger partial charge in [-0.25, -0.2) is 14.4 Å². The number of carbonyl (C=O) groups is 1. The maximum Gasteiger partial charge on any atom is 0.270 e. The number of rotatable bonds is 4. The summed E-state index contributed by atoms with van der Waals surface area (Å²) in [5.74, 6) is -0.132. The third kappa shape index (κ3) is 3.86. The van der Waals surface area contributed by atoms with Gasteiger partial charge in [-0.3, -0.25) is 4.79 Å². The highest BCUT2D eigenvalue weighted by Gasteiger charge is 2.20. The number of nitrogens with one attached hydrogen (secondary N) is 1. The summed E-state index contributed by atoms with van der Waals surface area (Å²) >= 11 is 0. The standard InChI is InChI=1S/C22H21FN4O/c1-15-12-20(21(28)24-13-17-7-4-5-9-19(17)23)26-22(25-15)27-11-10-16-6-2-3-8-18(16)14-27/h2-9,12H,10-11,13-14H2,1H3,(H,24,28). The van der Waals surface area contributed by atoms with Gasteiger partial charge in [-0.2, -0.15) is 0 Å². The Morgan fingerprint density at radius 1 is 1.11 bits per heavy atom.